The quantitative estimate of drug-likeness (QED) is 0.384. The van der Waals surface area contributed by atoms with Crippen LogP contribution in [-0.4, -0.2) is 33.5 Å². The molecule has 32 heavy (non-hydrogen) atoms. The van der Waals surface area contributed by atoms with Gasteiger partial charge in [-0.05, 0) is 36.2 Å². The van der Waals surface area contributed by atoms with Crippen LogP contribution in [0.3, 0.4) is 0 Å². The number of aromatic nitrogens is 3. The predicted octanol–water partition coefficient (Wildman–Crippen LogP) is 4.31. The predicted molar refractivity (Wildman–Crippen MR) is 124 cm³/mol. The van der Waals surface area contributed by atoms with Gasteiger partial charge in [0.2, 0.25) is 5.91 Å². The lowest BCUT2D eigenvalue weighted by Crippen LogP contribution is -2.24. The Kier molecular flexibility index (Phi) is 6.91. The molecule has 2 aromatic heterocycles. The molecule has 0 radical (unpaired) electrons. The smallest absolute Gasteiger partial charge is 0.230 e. The molecule has 4 aromatic rings. The number of amides is 1. The Hall–Kier alpha value is -3.52. The van der Waals surface area contributed by atoms with Crippen molar-refractivity contribution in [1.82, 2.24) is 20.1 Å². The maximum Gasteiger partial charge on any atom is 0.230 e. The van der Waals surface area contributed by atoms with E-state index in [0.717, 1.165) is 34.0 Å². The first-order valence-electron chi connectivity index (χ1n) is 10.2. The molecule has 8 heteroatoms. The number of furan rings is 1. The van der Waals surface area contributed by atoms with Crippen LogP contribution in [-0.2, 0) is 17.9 Å². The molecule has 0 atom stereocenters. The van der Waals surface area contributed by atoms with E-state index in [1.54, 1.807) is 13.4 Å². The topological polar surface area (TPSA) is 82.2 Å². The molecule has 0 spiro atoms. The summed E-state index contributed by atoms with van der Waals surface area (Å²) in [6.45, 7) is 2.96. The van der Waals surface area contributed by atoms with Crippen molar-refractivity contribution in [3.8, 4) is 17.1 Å². The van der Waals surface area contributed by atoms with E-state index in [2.05, 4.69) is 27.6 Å². The minimum Gasteiger partial charge on any atom is -0.497 e. The van der Waals surface area contributed by atoms with Gasteiger partial charge in [0.25, 0.3) is 0 Å². The molecular weight excluding hydrogens is 424 g/mol. The molecule has 0 saturated heterocycles. The monoisotopic (exact) mass is 448 g/mol. The summed E-state index contributed by atoms with van der Waals surface area (Å²) in [5.74, 6) is 2.47. The molecule has 0 unspecified atom stereocenters. The van der Waals surface area contributed by atoms with Gasteiger partial charge in [-0.15, -0.1) is 10.2 Å². The minimum atomic E-state index is -0.0684. The number of ether oxygens (including phenoxy) is 1. The van der Waals surface area contributed by atoms with E-state index in [1.807, 2.05) is 60.0 Å². The molecule has 0 aliphatic carbocycles. The summed E-state index contributed by atoms with van der Waals surface area (Å²) < 4.78 is 12.6. The van der Waals surface area contributed by atoms with Crippen molar-refractivity contribution in [2.24, 2.45) is 0 Å². The third kappa shape index (κ3) is 5.20. The number of rotatable bonds is 9. The van der Waals surface area contributed by atoms with Gasteiger partial charge in [-0.3, -0.25) is 9.36 Å². The lowest BCUT2D eigenvalue weighted by atomic mass is 10.2. The number of methoxy groups -OCH3 is 1. The van der Waals surface area contributed by atoms with Crippen molar-refractivity contribution in [2.45, 2.75) is 25.2 Å². The van der Waals surface area contributed by atoms with Crippen molar-refractivity contribution >= 4 is 17.7 Å². The SMILES string of the molecule is COc1ccc(CNC(=O)CSc2nnc(-c3ccoc3C)n2Cc2ccccc2)cc1. The van der Waals surface area contributed by atoms with Gasteiger partial charge in [0.1, 0.15) is 11.5 Å². The highest BCUT2D eigenvalue weighted by molar-refractivity contribution is 7.99. The van der Waals surface area contributed by atoms with Gasteiger partial charge in [-0.25, -0.2) is 0 Å². The van der Waals surface area contributed by atoms with E-state index in [0.29, 0.717) is 18.2 Å². The zero-order valence-corrected chi connectivity index (χ0v) is 18.8. The van der Waals surface area contributed by atoms with Crippen LogP contribution >= 0.6 is 11.8 Å². The average molecular weight is 449 g/mol. The molecule has 2 aromatic carbocycles. The van der Waals surface area contributed by atoms with Crippen LogP contribution in [0.4, 0.5) is 0 Å². The molecule has 0 bridgehead atoms. The maximum absolute atomic E-state index is 12.4. The normalized spacial score (nSPS) is 10.8. The Labute approximate surface area is 190 Å². The maximum atomic E-state index is 12.4. The van der Waals surface area contributed by atoms with Crippen molar-refractivity contribution in [1.29, 1.82) is 0 Å². The molecule has 0 aliphatic heterocycles. The highest BCUT2D eigenvalue weighted by atomic mass is 32.2. The van der Waals surface area contributed by atoms with Gasteiger partial charge in [-0.2, -0.15) is 0 Å². The number of hydrogen-bond donors (Lipinski definition) is 1. The summed E-state index contributed by atoms with van der Waals surface area (Å²) in [7, 11) is 1.63. The van der Waals surface area contributed by atoms with Crippen molar-refractivity contribution in [2.75, 3.05) is 12.9 Å². The first-order chi connectivity index (χ1) is 15.6. The van der Waals surface area contributed by atoms with Crippen LogP contribution in [0.15, 0.2) is 76.5 Å². The van der Waals surface area contributed by atoms with E-state index < -0.39 is 0 Å². The van der Waals surface area contributed by atoms with Crippen LogP contribution in [0.5, 0.6) is 5.75 Å². The van der Waals surface area contributed by atoms with Gasteiger partial charge in [-0.1, -0.05) is 54.2 Å². The zero-order chi connectivity index (χ0) is 22.3. The van der Waals surface area contributed by atoms with E-state index in [1.165, 1.54) is 11.8 Å². The standard InChI is InChI=1S/C24H24N4O3S/c1-17-21(12-13-31-17)23-26-27-24(28(23)15-19-6-4-3-5-7-19)32-16-22(29)25-14-18-8-10-20(30-2)11-9-18/h3-13H,14-16H2,1-2H3,(H,25,29). The Morgan fingerprint density at radius 3 is 2.53 bits per heavy atom. The molecule has 2 heterocycles. The largest absolute Gasteiger partial charge is 0.497 e. The third-order valence-corrected chi connectivity index (χ3v) is 5.95. The van der Waals surface area contributed by atoms with Gasteiger partial charge >= 0.3 is 0 Å². The van der Waals surface area contributed by atoms with Gasteiger partial charge in [0, 0.05) is 6.54 Å². The molecule has 1 N–H and O–H groups in total. The first-order valence-corrected chi connectivity index (χ1v) is 11.2. The fourth-order valence-electron chi connectivity index (χ4n) is 3.25. The van der Waals surface area contributed by atoms with Crippen molar-refractivity contribution in [3.63, 3.8) is 0 Å². The van der Waals surface area contributed by atoms with Crippen LogP contribution < -0.4 is 10.1 Å². The molecular formula is C24H24N4O3S. The number of benzene rings is 2. The number of nitrogens with zero attached hydrogens (tertiary/aromatic N) is 3. The second kappa shape index (κ2) is 10.2. The first kappa shape index (κ1) is 21.7. The molecule has 0 fully saturated rings. The zero-order valence-electron chi connectivity index (χ0n) is 17.9. The van der Waals surface area contributed by atoms with Crippen molar-refractivity contribution < 1.29 is 13.9 Å². The average Bonchev–Trinajstić information content (AvgIpc) is 3.42. The van der Waals surface area contributed by atoms with Crippen LogP contribution in [0.2, 0.25) is 0 Å². The Morgan fingerprint density at radius 2 is 1.84 bits per heavy atom. The fourth-order valence-corrected chi connectivity index (χ4v) is 4.01. The number of hydrogen-bond acceptors (Lipinski definition) is 6. The van der Waals surface area contributed by atoms with Crippen LogP contribution in [0.1, 0.15) is 16.9 Å². The summed E-state index contributed by atoms with van der Waals surface area (Å²) in [5, 5.41) is 12.4. The Morgan fingerprint density at radius 1 is 1.06 bits per heavy atom. The molecule has 0 aliphatic rings. The van der Waals surface area contributed by atoms with Crippen LogP contribution in [0.25, 0.3) is 11.4 Å². The van der Waals surface area contributed by atoms with E-state index in [9.17, 15) is 4.79 Å². The lowest BCUT2D eigenvalue weighted by Gasteiger charge is -2.10. The number of nitrogens with one attached hydrogen (secondary N) is 1. The lowest BCUT2D eigenvalue weighted by molar-refractivity contribution is -0.118. The number of carbonyl (C=O) groups is 1. The summed E-state index contributed by atoms with van der Waals surface area (Å²) in [6, 6.07) is 19.6. The summed E-state index contributed by atoms with van der Waals surface area (Å²) >= 11 is 1.37. The Balaban J connectivity index is 1.44. The van der Waals surface area contributed by atoms with Gasteiger partial charge < -0.3 is 14.5 Å². The second-order valence-electron chi connectivity index (χ2n) is 7.18. The molecule has 1 amide bonds. The third-order valence-electron chi connectivity index (χ3n) is 4.98. The molecule has 164 valence electrons. The summed E-state index contributed by atoms with van der Waals surface area (Å²) in [5.41, 5.74) is 3.03. The van der Waals surface area contributed by atoms with Crippen LogP contribution in [0, 0.1) is 6.92 Å². The number of thioether (sulfide) groups is 1. The molecule has 7 nitrogen and oxygen atoms in total. The van der Waals surface area contributed by atoms with E-state index in [-0.39, 0.29) is 11.7 Å². The highest BCUT2D eigenvalue weighted by Gasteiger charge is 2.18. The summed E-state index contributed by atoms with van der Waals surface area (Å²) in [6.07, 6.45) is 1.64. The minimum absolute atomic E-state index is 0.0684. The van der Waals surface area contributed by atoms with E-state index in [4.69, 9.17) is 9.15 Å². The summed E-state index contributed by atoms with van der Waals surface area (Å²) in [4.78, 5) is 12.4. The van der Waals surface area contributed by atoms with Gasteiger partial charge in [0.05, 0.1) is 31.2 Å². The fraction of sp³-hybridized carbons (Fsp3) is 0.208. The second-order valence-corrected chi connectivity index (χ2v) is 8.12. The highest BCUT2D eigenvalue weighted by Crippen LogP contribution is 2.28. The molecule has 0 saturated carbocycles. The Bertz CT molecular complexity index is 1170. The number of aryl methyl sites for hydroxylation is 1. The van der Waals surface area contributed by atoms with Gasteiger partial charge in [0.15, 0.2) is 11.0 Å². The number of carbonyl (C=O) groups excluding carboxylic acids is 1. The van der Waals surface area contributed by atoms with E-state index >= 15 is 0 Å². The molecule has 4 rings (SSSR count). The van der Waals surface area contributed by atoms with Crippen molar-refractivity contribution in [3.05, 3.63) is 83.8 Å².